The van der Waals surface area contributed by atoms with Crippen LogP contribution in [0, 0.1) is 5.41 Å². The molecule has 3 aromatic rings. The minimum Gasteiger partial charge on any atom is -0.365 e. The van der Waals surface area contributed by atoms with Crippen molar-refractivity contribution in [1.29, 1.82) is 0 Å². The van der Waals surface area contributed by atoms with Gasteiger partial charge in [-0.05, 0) is 38.1 Å². The first-order valence-electron chi connectivity index (χ1n) is 9.48. The van der Waals surface area contributed by atoms with E-state index in [9.17, 15) is 0 Å². The molecular weight excluding hydrogens is 364 g/mol. The van der Waals surface area contributed by atoms with Gasteiger partial charge in [0.25, 0.3) is 0 Å². The van der Waals surface area contributed by atoms with E-state index < -0.39 is 0 Å². The molecule has 0 bridgehead atoms. The minimum atomic E-state index is 0.353. The Morgan fingerprint density at radius 1 is 1.33 bits per heavy atom. The van der Waals surface area contributed by atoms with Crippen molar-refractivity contribution in [1.82, 2.24) is 30.0 Å². The number of hydrogen-bond donors (Lipinski definition) is 4. The van der Waals surface area contributed by atoms with Gasteiger partial charge in [-0.2, -0.15) is 15.1 Å². The molecule has 9 heteroatoms. The van der Waals surface area contributed by atoms with Crippen molar-refractivity contribution in [3.05, 3.63) is 23.6 Å². The lowest BCUT2D eigenvalue weighted by molar-refractivity contribution is 0.319. The first-order valence-corrected chi connectivity index (χ1v) is 9.86. The zero-order valence-electron chi connectivity index (χ0n) is 15.2. The lowest BCUT2D eigenvalue weighted by Crippen LogP contribution is -2.46. The number of fused-ring (bicyclic) bond motifs is 1. The normalized spacial score (nSPS) is 20.9. The average Bonchev–Trinajstić information content (AvgIpc) is 3.11. The van der Waals surface area contributed by atoms with Crippen LogP contribution in [0.4, 0.5) is 17.5 Å². The highest BCUT2D eigenvalue weighted by Crippen LogP contribution is 2.53. The molecule has 2 fully saturated rings. The number of anilines is 3. The van der Waals surface area contributed by atoms with Crippen molar-refractivity contribution in [2.75, 3.05) is 23.7 Å². The fraction of sp³-hybridized carbons (Fsp3) is 0.500. The first-order chi connectivity index (χ1) is 13.2. The summed E-state index contributed by atoms with van der Waals surface area (Å²) >= 11 is 6.42. The highest BCUT2D eigenvalue weighted by Gasteiger charge is 2.50. The van der Waals surface area contributed by atoms with Crippen molar-refractivity contribution in [2.24, 2.45) is 5.41 Å². The molecule has 0 radical (unpaired) electrons. The molecule has 4 heterocycles. The van der Waals surface area contributed by atoms with Crippen LogP contribution < -0.4 is 16.0 Å². The SMILES string of the molecule is CCn1cc(Nc2nc(NC3CNCCC34CC4)c3c(Cl)c[nH]c3n2)cn1. The Kier molecular flexibility index (Phi) is 3.98. The zero-order chi connectivity index (χ0) is 18.4. The molecule has 1 aliphatic carbocycles. The number of piperidine rings is 1. The number of aryl methyl sites for hydroxylation is 1. The van der Waals surface area contributed by atoms with Gasteiger partial charge in [-0.15, -0.1) is 0 Å². The van der Waals surface area contributed by atoms with Crippen LogP contribution in [-0.4, -0.2) is 43.9 Å². The molecule has 1 saturated heterocycles. The predicted octanol–water partition coefficient (Wildman–Crippen LogP) is 3.13. The van der Waals surface area contributed by atoms with Crippen molar-refractivity contribution >= 4 is 40.1 Å². The van der Waals surface area contributed by atoms with Crippen LogP contribution in [-0.2, 0) is 6.54 Å². The van der Waals surface area contributed by atoms with Gasteiger partial charge in [0.15, 0.2) is 0 Å². The lowest BCUT2D eigenvalue weighted by atomic mass is 9.89. The summed E-state index contributed by atoms with van der Waals surface area (Å²) in [4.78, 5) is 12.5. The van der Waals surface area contributed by atoms with Crippen molar-refractivity contribution in [2.45, 2.75) is 38.8 Å². The number of H-pyrrole nitrogens is 1. The van der Waals surface area contributed by atoms with Crippen molar-refractivity contribution in [3.8, 4) is 0 Å². The maximum atomic E-state index is 6.42. The summed E-state index contributed by atoms with van der Waals surface area (Å²) < 4.78 is 1.86. The standard InChI is InChI=1S/C18H23ClN8/c1-2-27-10-11(7-22-27)23-17-25-15-14(12(19)8-21-15)16(26-17)24-13-9-20-6-5-18(13)3-4-18/h7-8,10,13,20H,2-6,9H2,1H3,(H3,21,23,24,25,26). The number of nitrogens with zero attached hydrogens (tertiary/aromatic N) is 4. The second-order valence-electron chi connectivity index (χ2n) is 7.48. The van der Waals surface area contributed by atoms with Gasteiger partial charge in [-0.1, -0.05) is 11.6 Å². The summed E-state index contributed by atoms with van der Waals surface area (Å²) in [6.07, 6.45) is 9.24. The first kappa shape index (κ1) is 16.8. The van der Waals surface area contributed by atoms with Gasteiger partial charge < -0.3 is 20.9 Å². The van der Waals surface area contributed by atoms with Crippen LogP contribution in [0.3, 0.4) is 0 Å². The van der Waals surface area contributed by atoms with Gasteiger partial charge in [-0.25, -0.2) is 0 Å². The summed E-state index contributed by atoms with van der Waals surface area (Å²) in [6, 6.07) is 0.353. The summed E-state index contributed by atoms with van der Waals surface area (Å²) in [6.45, 7) is 4.90. The Hall–Kier alpha value is -2.32. The second kappa shape index (κ2) is 6.38. The molecule has 0 aromatic carbocycles. The molecule has 1 atom stereocenters. The Morgan fingerprint density at radius 2 is 2.22 bits per heavy atom. The van der Waals surface area contributed by atoms with E-state index in [1.807, 2.05) is 17.8 Å². The largest absolute Gasteiger partial charge is 0.365 e. The number of aromatic nitrogens is 5. The maximum Gasteiger partial charge on any atom is 0.231 e. The quantitative estimate of drug-likeness (QED) is 0.538. The van der Waals surface area contributed by atoms with Crippen LogP contribution in [0.1, 0.15) is 26.2 Å². The van der Waals surface area contributed by atoms with Crippen LogP contribution in [0.5, 0.6) is 0 Å². The van der Waals surface area contributed by atoms with Gasteiger partial charge in [-0.3, -0.25) is 4.68 Å². The lowest BCUT2D eigenvalue weighted by Gasteiger charge is -2.33. The summed E-state index contributed by atoms with van der Waals surface area (Å²) in [7, 11) is 0. The van der Waals surface area contributed by atoms with Crippen LogP contribution in [0.15, 0.2) is 18.6 Å². The van der Waals surface area contributed by atoms with E-state index in [0.717, 1.165) is 42.2 Å². The maximum absolute atomic E-state index is 6.42. The molecule has 5 rings (SSSR count). The van der Waals surface area contributed by atoms with Crippen LogP contribution in [0.2, 0.25) is 5.02 Å². The third kappa shape index (κ3) is 3.02. The van der Waals surface area contributed by atoms with Crippen molar-refractivity contribution < 1.29 is 0 Å². The van der Waals surface area contributed by atoms with Gasteiger partial charge in [0.1, 0.15) is 11.5 Å². The Bertz CT molecular complexity index is 973. The molecule has 27 heavy (non-hydrogen) atoms. The van der Waals surface area contributed by atoms with Crippen LogP contribution >= 0.6 is 11.6 Å². The molecule has 1 aliphatic heterocycles. The second-order valence-corrected chi connectivity index (χ2v) is 7.89. The van der Waals surface area contributed by atoms with Crippen molar-refractivity contribution in [3.63, 3.8) is 0 Å². The molecule has 2 aliphatic rings. The zero-order valence-corrected chi connectivity index (χ0v) is 16.0. The van der Waals surface area contributed by atoms with Crippen LogP contribution in [0.25, 0.3) is 11.0 Å². The summed E-state index contributed by atoms with van der Waals surface area (Å²) in [5.41, 5.74) is 1.98. The molecule has 8 nitrogen and oxygen atoms in total. The predicted molar refractivity (Wildman–Crippen MR) is 107 cm³/mol. The molecule has 4 N–H and O–H groups in total. The van der Waals surface area contributed by atoms with E-state index in [1.54, 1.807) is 12.4 Å². The van der Waals surface area contributed by atoms with Gasteiger partial charge >= 0.3 is 0 Å². The Balaban J connectivity index is 1.48. The van der Waals surface area contributed by atoms with E-state index in [2.05, 4.69) is 31.0 Å². The third-order valence-corrected chi connectivity index (χ3v) is 6.09. The fourth-order valence-corrected chi connectivity index (χ4v) is 4.22. The molecule has 3 aromatic heterocycles. The molecule has 1 unspecified atom stereocenters. The summed E-state index contributed by atoms with van der Waals surface area (Å²) in [5.74, 6) is 1.30. The van der Waals surface area contributed by atoms with E-state index in [-0.39, 0.29) is 0 Å². The minimum absolute atomic E-state index is 0.353. The van der Waals surface area contributed by atoms with Gasteiger partial charge in [0, 0.05) is 31.5 Å². The van der Waals surface area contributed by atoms with E-state index in [1.165, 1.54) is 19.3 Å². The van der Waals surface area contributed by atoms with E-state index in [4.69, 9.17) is 16.6 Å². The smallest absolute Gasteiger partial charge is 0.231 e. The Morgan fingerprint density at radius 3 is 3.00 bits per heavy atom. The molecule has 1 saturated carbocycles. The molecule has 1 spiro atoms. The van der Waals surface area contributed by atoms with Gasteiger partial charge in [0.2, 0.25) is 5.95 Å². The topological polar surface area (TPSA) is 95.5 Å². The molecule has 0 amide bonds. The summed E-state index contributed by atoms with van der Waals surface area (Å²) in [5, 5.41) is 16.2. The van der Waals surface area contributed by atoms with Gasteiger partial charge in [0.05, 0.1) is 22.3 Å². The number of aromatic amines is 1. The average molecular weight is 387 g/mol. The number of halogens is 1. The molecule has 142 valence electrons. The Labute approximate surface area is 162 Å². The fourth-order valence-electron chi connectivity index (χ4n) is 3.99. The van der Waals surface area contributed by atoms with E-state index >= 15 is 0 Å². The highest BCUT2D eigenvalue weighted by atomic mass is 35.5. The third-order valence-electron chi connectivity index (χ3n) is 5.79. The number of nitrogens with one attached hydrogen (secondary N) is 4. The monoisotopic (exact) mass is 386 g/mol. The number of rotatable bonds is 5. The van der Waals surface area contributed by atoms with E-state index in [0.29, 0.717) is 22.4 Å². The molecular formula is C18H23ClN8. The highest BCUT2D eigenvalue weighted by molar-refractivity contribution is 6.36. The number of hydrogen-bond acceptors (Lipinski definition) is 6.